The van der Waals surface area contributed by atoms with Crippen LogP contribution in [-0.2, 0) is 5.75 Å². The molecule has 0 saturated carbocycles. The highest BCUT2D eigenvalue weighted by Crippen LogP contribution is 2.27. The smallest absolute Gasteiger partial charge is 0.308 e. The predicted octanol–water partition coefficient (Wildman–Crippen LogP) is 3.17. The molecule has 2 aromatic carbocycles. The van der Waals surface area contributed by atoms with Crippen molar-refractivity contribution in [3.63, 3.8) is 0 Å². The number of nitrogens with one attached hydrogen (secondary N) is 4. The lowest BCUT2D eigenvalue weighted by molar-refractivity contribution is 0.0879. The number of carbonyl (C=O) groups is 3. The highest BCUT2D eigenvalue weighted by Gasteiger charge is 2.26. The summed E-state index contributed by atoms with van der Waals surface area (Å²) in [5.41, 5.74) is 3.24. The number of hydrogen-bond donors (Lipinski definition) is 4. The molecule has 5 rings (SSSR count). The van der Waals surface area contributed by atoms with Crippen molar-refractivity contribution in [3.8, 4) is 0 Å². The maximum atomic E-state index is 12.4. The van der Waals surface area contributed by atoms with E-state index in [1.54, 1.807) is 30.1 Å². The van der Waals surface area contributed by atoms with E-state index < -0.39 is 17.8 Å². The molecule has 11 heteroatoms. The Morgan fingerprint density at radius 3 is 2.66 bits per heavy atom. The SMILES string of the molecule is O=C(Nc1cccc(CSc2ncnc3[nH]ncc23)c1)Nc1ccc2c(c1)C(=O)NC2=O. The Balaban J connectivity index is 1.23. The second-order valence-corrected chi connectivity index (χ2v) is 7.89. The van der Waals surface area contributed by atoms with Gasteiger partial charge in [0.05, 0.1) is 22.7 Å². The number of rotatable bonds is 5. The number of anilines is 2. The fourth-order valence-electron chi connectivity index (χ4n) is 3.29. The van der Waals surface area contributed by atoms with Crippen LogP contribution in [-0.4, -0.2) is 38.0 Å². The number of fused-ring (bicyclic) bond motifs is 2. The van der Waals surface area contributed by atoms with E-state index in [0.29, 0.717) is 28.3 Å². The Bertz CT molecular complexity index is 1380. The third-order valence-electron chi connectivity index (χ3n) is 4.77. The lowest BCUT2D eigenvalue weighted by atomic mass is 10.1. The fraction of sp³-hybridized carbons (Fsp3) is 0.0476. The molecule has 0 aliphatic carbocycles. The molecule has 4 amide bonds. The number of aromatic amines is 1. The third kappa shape index (κ3) is 3.88. The molecule has 0 unspecified atom stereocenters. The van der Waals surface area contributed by atoms with Crippen LogP contribution in [0.25, 0.3) is 11.0 Å². The maximum absolute atomic E-state index is 12.4. The molecule has 0 fully saturated rings. The number of benzene rings is 2. The first-order valence-electron chi connectivity index (χ1n) is 9.50. The third-order valence-corrected chi connectivity index (χ3v) is 5.84. The Hall–Kier alpha value is -4.25. The summed E-state index contributed by atoms with van der Waals surface area (Å²) in [6.45, 7) is 0. The van der Waals surface area contributed by atoms with Gasteiger partial charge in [-0.2, -0.15) is 5.10 Å². The van der Waals surface area contributed by atoms with Crippen LogP contribution >= 0.6 is 11.8 Å². The minimum Gasteiger partial charge on any atom is -0.308 e. The highest BCUT2D eigenvalue weighted by atomic mass is 32.2. The van der Waals surface area contributed by atoms with E-state index >= 15 is 0 Å². The van der Waals surface area contributed by atoms with Gasteiger partial charge in [0.15, 0.2) is 5.65 Å². The summed E-state index contributed by atoms with van der Waals surface area (Å²) < 4.78 is 0. The second-order valence-electron chi connectivity index (χ2n) is 6.92. The molecule has 0 spiro atoms. The van der Waals surface area contributed by atoms with Gasteiger partial charge >= 0.3 is 6.03 Å². The number of hydrogen-bond acceptors (Lipinski definition) is 7. The zero-order valence-corrected chi connectivity index (χ0v) is 17.2. The molecule has 0 saturated heterocycles. The minimum atomic E-state index is -0.476. The van der Waals surface area contributed by atoms with Gasteiger partial charge in [0, 0.05) is 17.1 Å². The zero-order valence-electron chi connectivity index (χ0n) is 16.4. The Kier molecular flexibility index (Phi) is 5.00. The quantitative estimate of drug-likeness (QED) is 0.210. The molecule has 10 nitrogen and oxygen atoms in total. The van der Waals surface area contributed by atoms with Crippen molar-refractivity contribution in [1.29, 1.82) is 0 Å². The van der Waals surface area contributed by atoms with E-state index in [-0.39, 0.29) is 5.56 Å². The van der Waals surface area contributed by atoms with Gasteiger partial charge in [-0.1, -0.05) is 12.1 Å². The summed E-state index contributed by atoms with van der Waals surface area (Å²) >= 11 is 1.54. The largest absolute Gasteiger partial charge is 0.323 e. The molecule has 32 heavy (non-hydrogen) atoms. The predicted molar refractivity (Wildman–Crippen MR) is 119 cm³/mol. The van der Waals surface area contributed by atoms with Gasteiger partial charge < -0.3 is 10.6 Å². The Labute approximate surface area is 185 Å². The van der Waals surface area contributed by atoms with Crippen LogP contribution in [0, 0.1) is 0 Å². The summed E-state index contributed by atoms with van der Waals surface area (Å²) in [6.07, 6.45) is 3.18. The molecular weight excluding hydrogens is 430 g/mol. The average Bonchev–Trinajstić information content (AvgIpc) is 3.37. The van der Waals surface area contributed by atoms with Crippen molar-refractivity contribution in [2.75, 3.05) is 10.6 Å². The molecular formula is C21H15N7O3S. The first-order valence-corrected chi connectivity index (χ1v) is 10.5. The first kappa shape index (κ1) is 19.7. The lowest BCUT2D eigenvalue weighted by Gasteiger charge is -2.10. The van der Waals surface area contributed by atoms with Crippen molar-refractivity contribution in [1.82, 2.24) is 25.5 Å². The number of amides is 4. The van der Waals surface area contributed by atoms with Gasteiger partial charge in [0.1, 0.15) is 11.4 Å². The van der Waals surface area contributed by atoms with E-state index in [1.807, 2.05) is 18.2 Å². The molecule has 158 valence electrons. The van der Waals surface area contributed by atoms with Crippen molar-refractivity contribution < 1.29 is 14.4 Å². The lowest BCUT2D eigenvalue weighted by Crippen LogP contribution is -2.20. The van der Waals surface area contributed by atoms with Crippen LogP contribution in [0.1, 0.15) is 26.3 Å². The zero-order chi connectivity index (χ0) is 22.1. The molecule has 4 N–H and O–H groups in total. The standard InChI is InChI=1S/C21H15N7O3S/c29-18-14-5-4-13(7-15(14)19(30)27-18)26-21(31)25-12-3-1-2-11(6-12)9-32-20-16-8-24-28-17(16)22-10-23-20/h1-8,10H,9H2,(H2,25,26,31)(H,27,29,30)(H,22,23,24,28). The van der Waals surface area contributed by atoms with Crippen molar-refractivity contribution in [2.45, 2.75) is 10.8 Å². The molecule has 2 aromatic heterocycles. The topological polar surface area (TPSA) is 142 Å². The highest BCUT2D eigenvalue weighted by molar-refractivity contribution is 7.98. The van der Waals surface area contributed by atoms with Gasteiger partial charge in [-0.15, -0.1) is 11.8 Å². The van der Waals surface area contributed by atoms with E-state index in [9.17, 15) is 14.4 Å². The van der Waals surface area contributed by atoms with Crippen molar-refractivity contribution >= 4 is 52.0 Å². The van der Waals surface area contributed by atoms with Gasteiger partial charge in [0.2, 0.25) is 0 Å². The Morgan fingerprint density at radius 1 is 0.969 bits per heavy atom. The van der Waals surface area contributed by atoms with Crippen molar-refractivity contribution in [2.24, 2.45) is 0 Å². The summed E-state index contributed by atoms with van der Waals surface area (Å²) in [5, 5.41) is 16.2. The number of nitrogens with zero attached hydrogens (tertiary/aromatic N) is 3. The minimum absolute atomic E-state index is 0.239. The number of imide groups is 1. The average molecular weight is 445 g/mol. The van der Waals surface area contributed by atoms with Gasteiger partial charge in [0.25, 0.3) is 11.8 Å². The molecule has 0 bridgehead atoms. The number of carbonyl (C=O) groups excluding carboxylic acids is 3. The van der Waals surface area contributed by atoms with Gasteiger partial charge in [-0.25, -0.2) is 14.8 Å². The van der Waals surface area contributed by atoms with Crippen LogP contribution in [0.3, 0.4) is 0 Å². The molecule has 3 heterocycles. The molecule has 1 aliphatic heterocycles. The van der Waals surface area contributed by atoms with Gasteiger partial charge in [-0.05, 0) is 35.9 Å². The van der Waals surface area contributed by atoms with Gasteiger partial charge in [-0.3, -0.25) is 20.0 Å². The van der Waals surface area contributed by atoms with Crippen LogP contribution in [0.15, 0.2) is 60.0 Å². The van der Waals surface area contributed by atoms with Crippen LogP contribution in [0.5, 0.6) is 0 Å². The monoisotopic (exact) mass is 445 g/mol. The summed E-state index contributed by atoms with van der Waals surface area (Å²) in [4.78, 5) is 44.3. The second kappa shape index (κ2) is 8.12. The summed E-state index contributed by atoms with van der Waals surface area (Å²) in [5.74, 6) is -0.274. The maximum Gasteiger partial charge on any atom is 0.323 e. The normalized spacial score (nSPS) is 12.5. The fourth-order valence-corrected chi connectivity index (χ4v) is 4.20. The van der Waals surface area contributed by atoms with E-state index in [1.165, 1.54) is 18.5 Å². The van der Waals surface area contributed by atoms with E-state index in [0.717, 1.165) is 16.0 Å². The molecule has 1 aliphatic rings. The van der Waals surface area contributed by atoms with Crippen LogP contribution < -0.4 is 16.0 Å². The first-order chi connectivity index (χ1) is 15.6. The molecule has 4 aromatic rings. The number of thioether (sulfide) groups is 1. The van der Waals surface area contributed by atoms with E-state index in [2.05, 4.69) is 36.1 Å². The number of aromatic nitrogens is 4. The number of urea groups is 1. The summed E-state index contributed by atoms with van der Waals surface area (Å²) in [7, 11) is 0. The van der Waals surface area contributed by atoms with Crippen molar-refractivity contribution in [3.05, 3.63) is 71.7 Å². The van der Waals surface area contributed by atoms with Crippen LogP contribution in [0.2, 0.25) is 0 Å². The molecule has 0 atom stereocenters. The van der Waals surface area contributed by atoms with Crippen LogP contribution in [0.4, 0.5) is 16.2 Å². The number of H-pyrrole nitrogens is 1. The van der Waals surface area contributed by atoms with E-state index in [4.69, 9.17) is 0 Å². The molecule has 0 radical (unpaired) electrons. The summed E-state index contributed by atoms with van der Waals surface area (Å²) in [6, 6.07) is 11.5. The Morgan fingerprint density at radius 2 is 1.78 bits per heavy atom.